The lowest BCUT2D eigenvalue weighted by Crippen LogP contribution is -2.04. The van der Waals surface area contributed by atoms with E-state index in [0.29, 0.717) is 12.1 Å². The van der Waals surface area contributed by atoms with Crippen LogP contribution < -0.4 is 5.32 Å². The van der Waals surface area contributed by atoms with E-state index < -0.39 is 0 Å². The van der Waals surface area contributed by atoms with Crippen molar-refractivity contribution in [3.05, 3.63) is 34.1 Å². The van der Waals surface area contributed by atoms with Crippen LogP contribution >= 0.6 is 15.9 Å². The molecule has 0 atom stereocenters. The van der Waals surface area contributed by atoms with Crippen molar-refractivity contribution in [3.63, 3.8) is 0 Å². The van der Waals surface area contributed by atoms with Gasteiger partial charge in [0.1, 0.15) is 5.82 Å². The number of rotatable bonds is 1. The Morgan fingerprint density at radius 2 is 2.31 bits per heavy atom. The van der Waals surface area contributed by atoms with E-state index >= 15 is 0 Å². The largest absolute Gasteiger partial charge is 0.309 e. The van der Waals surface area contributed by atoms with Gasteiger partial charge in [-0.1, -0.05) is 27.8 Å². The Balaban J connectivity index is 2.89. The molecule has 1 nitrogen and oxygen atoms in total. The van der Waals surface area contributed by atoms with Gasteiger partial charge in [-0.15, -0.1) is 0 Å². The lowest BCUT2D eigenvalue weighted by Gasteiger charge is -1.94. The highest BCUT2D eigenvalue weighted by atomic mass is 79.9. The summed E-state index contributed by atoms with van der Waals surface area (Å²) in [7, 11) is 1.80. The van der Waals surface area contributed by atoms with Crippen LogP contribution in [0.5, 0.6) is 0 Å². The SMILES string of the molecule is CNCC#Cc1cc(Br)ccc1F. The van der Waals surface area contributed by atoms with Gasteiger partial charge in [0, 0.05) is 4.47 Å². The summed E-state index contributed by atoms with van der Waals surface area (Å²) < 4.78 is 13.9. The van der Waals surface area contributed by atoms with Crippen LogP contribution in [0.1, 0.15) is 5.56 Å². The topological polar surface area (TPSA) is 12.0 Å². The van der Waals surface area contributed by atoms with Gasteiger partial charge in [-0.25, -0.2) is 4.39 Å². The molecule has 0 saturated heterocycles. The number of nitrogens with one attached hydrogen (secondary N) is 1. The van der Waals surface area contributed by atoms with Gasteiger partial charge >= 0.3 is 0 Å². The fourth-order valence-electron chi connectivity index (χ4n) is 0.821. The predicted octanol–water partition coefficient (Wildman–Crippen LogP) is 2.16. The quantitative estimate of drug-likeness (QED) is 0.744. The van der Waals surface area contributed by atoms with Crippen molar-refractivity contribution >= 4 is 15.9 Å². The third-order valence-electron chi connectivity index (χ3n) is 1.42. The number of hydrogen-bond acceptors (Lipinski definition) is 1. The molecule has 0 aromatic heterocycles. The van der Waals surface area contributed by atoms with Gasteiger partial charge < -0.3 is 5.32 Å². The highest BCUT2D eigenvalue weighted by molar-refractivity contribution is 9.10. The van der Waals surface area contributed by atoms with Crippen molar-refractivity contribution in [2.24, 2.45) is 0 Å². The third-order valence-corrected chi connectivity index (χ3v) is 1.91. The molecule has 0 amide bonds. The summed E-state index contributed by atoms with van der Waals surface area (Å²) in [6.07, 6.45) is 0. The first kappa shape index (κ1) is 10.2. The molecule has 0 radical (unpaired) electrons. The maximum absolute atomic E-state index is 13.1. The summed E-state index contributed by atoms with van der Waals surface area (Å²) in [4.78, 5) is 0. The molecule has 0 fully saturated rings. The van der Waals surface area contributed by atoms with Crippen LogP contribution in [0.4, 0.5) is 4.39 Å². The Kier molecular flexibility index (Phi) is 3.94. The molecule has 0 saturated carbocycles. The Labute approximate surface area is 85.5 Å². The molecule has 0 unspecified atom stereocenters. The lowest BCUT2D eigenvalue weighted by molar-refractivity contribution is 0.624. The standard InChI is InChI=1S/C10H9BrFN/c1-13-6-2-3-8-7-9(11)4-5-10(8)12/h4-5,7,13H,6H2,1H3. The summed E-state index contributed by atoms with van der Waals surface area (Å²) in [6.45, 7) is 0.561. The summed E-state index contributed by atoms with van der Waals surface area (Å²) in [5.41, 5.74) is 0.421. The molecule has 0 spiro atoms. The highest BCUT2D eigenvalue weighted by Gasteiger charge is 1.97. The minimum absolute atomic E-state index is 0.285. The monoisotopic (exact) mass is 241 g/mol. The number of halogens is 2. The fraction of sp³-hybridized carbons (Fsp3) is 0.200. The van der Waals surface area contributed by atoms with Gasteiger partial charge in [0.15, 0.2) is 0 Å². The van der Waals surface area contributed by atoms with Crippen molar-refractivity contribution in [2.45, 2.75) is 0 Å². The molecular weight excluding hydrogens is 233 g/mol. The Morgan fingerprint density at radius 1 is 1.54 bits per heavy atom. The molecule has 1 rings (SSSR count). The summed E-state index contributed by atoms with van der Waals surface area (Å²) in [5.74, 6) is 5.25. The number of benzene rings is 1. The van der Waals surface area contributed by atoms with Crippen LogP contribution in [0.2, 0.25) is 0 Å². The average Bonchev–Trinajstić information content (AvgIpc) is 2.11. The third kappa shape index (κ3) is 3.17. The van der Waals surface area contributed by atoms with Crippen molar-refractivity contribution in [3.8, 4) is 11.8 Å². The summed E-state index contributed by atoms with van der Waals surface area (Å²) in [5, 5.41) is 2.86. The molecule has 3 heteroatoms. The van der Waals surface area contributed by atoms with Crippen molar-refractivity contribution in [1.29, 1.82) is 0 Å². The van der Waals surface area contributed by atoms with E-state index in [9.17, 15) is 4.39 Å². The van der Waals surface area contributed by atoms with Crippen LogP contribution in [-0.2, 0) is 0 Å². The lowest BCUT2D eigenvalue weighted by atomic mass is 10.2. The molecule has 0 heterocycles. The Morgan fingerprint density at radius 3 is 3.00 bits per heavy atom. The minimum Gasteiger partial charge on any atom is -0.309 e. The molecule has 1 aromatic carbocycles. The number of hydrogen-bond donors (Lipinski definition) is 1. The maximum Gasteiger partial charge on any atom is 0.138 e. The van der Waals surface area contributed by atoms with E-state index in [0.717, 1.165) is 4.47 Å². The van der Waals surface area contributed by atoms with Crippen molar-refractivity contribution < 1.29 is 4.39 Å². The summed E-state index contributed by atoms with van der Waals surface area (Å²) in [6, 6.07) is 4.71. The zero-order chi connectivity index (χ0) is 9.68. The molecule has 0 bridgehead atoms. The zero-order valence-electron chi connectivity index (χ0n) is 7.20. The molecule has 0 aliphatic heterocycles. The van der Waals surface area contributed by atoms with Gasteiger partial charge in [-0.2, -0.15) is 0 Å². The van der Waals surface area contributed by atoms with Crippen molar-refractivity contribution in [1.82, 2.24) is 5.32 Å². The molecule has 68 valence electrons. The smallest absolute Gasteiger partial charge is 0.138 e. The molecule has 0 aliphatic carbocycles. The Bertz CT molecular complexity index is 352. The Hall–Kier alpha value is -0.850. The van der Waals surface area contributed by atoms with E-state index in [1.54, 1.807) is 19.2 Å². The fourth-order valence-corrected chi connectivity index (χ4v) is 1.18. The van der Waals surface area contributed by atoms with Gasteiger partial charge in [-0.3, -0.25) is 0 Å². The van der Waals surface area contributed by atoms with E-state index in [1.807, 2.05) is 0 Å². The average molecular weight is 242 g/mol. The van der Waals surface area contributed by atoms with Gasteiger partial charge in [0.2, 0.25) is 0 Å². The van der Waals surface area contributed by atoms with E-state index in [-0.39, 0.29) is 5.82 Å². The predicted molar refractivity (Wildman–Crippen MR) is 54.9 cm³/mol. The molecule has 0 aliphatic rings. The zero-order valence-corrected chi connectivity index (χ0v) is 8.78. The van der Waals surface area contributed by atoms with Gasteiger partial charge in [0.05, 0.1) is 12.1 Å². The van der Waals surface area contributed by atoms with E-state index in [1.165, 1.54) is 6.07 Å². The van der Waals surface area contributed by atoms with Crippen LogP contribution in [-0.4, -0.2) is 13.6 Å². The van der Waals surface area contributed by atoms with Gasteiger partial charge in [-0.05, 0) is 25.2 Å². The maximum atomic E-state index is 13.1. The second kappa shape index (κ2) is 5.00. The second-order valence-corrected chi connectivity index (χ2v) is 3.37. The van der Waals surface area contributed by atoms with Crippen LogP contribution in [0, 0.1) is 17.7 Å². The normalized spacial score (nSPS) is 9.15. The first-order valence-corrected chi connectivity index (χ1v) is 4.62. The first-order valence-electron chi connectivity index (χ1n) is 3.82. The minimum atomic E-state index is -0.285. The van der Waals surface area contributed by atoms with Gasteiger partial charge in [0.25, 0.3) is 0 Å². The van der Waals surface area contributed by atoms with Crippen LogP contribution in [0.3, 0.4) is 0 Å². The first-order chi connectivity index (χ1) is 6.24. The van der Waals surface area contributed by atoms with Crippen LogP contribution in [0.25, 0.3) is 0 Å². The summed E-state index contributed by atoms with van der Waals surface area (Å²) >= 11 is 3.26. The van der Waals surface area contributed by atoms with E-state index in [2.05, 4.69) is 33.1 Å². The van der Waals surface area contributed by atoms with Crippen LogP contribution in [0.15, 0.2) is 22.7 Å². The van der Waals surface area contributed by atoms with E-state index in [4.69, 9.17) is 0 Å². The highest BCUT2D eigenvalue weighted by Crippen LogP contribution is 2.14. The molecule has 13 heavy (non-hydrogen) atoms. The molecule has 1 N–H and O–H groups in total. The second-order valence-electron chi connectivity index (χ2n) is 2.46. The molecular formula is C10H9BrFN. The van der Waals surface area contributed by atoms with Crippen molar-refractivity contribution in [2.75, 3.05) is 13.6 Å². The molecule has 1 aromatic rings.